The van der Waals surface area contributed by atoms with Crippen molar-refractivity contribution in [2.24, 2.45) is 0 Å². The van der Waals surface area contributed by atoms with Crippen molar-refractivity contribution in [3.63, 3.8) is 0 Å². The number of benzene rings is 1. The Balaban J connectivity index is 2.04. The molecule has 1 aromatic carbocycles. The highest BCUT2D eigenvalue weighted by Gasteiger charge is 1.96. The maximum absolute atomic E-state index is 4.20. The molecular formula is C15H19N3. The number of hydrogen-bond donors (Lipinski definition) is 1. The van der Waals surface area contributed by atoms with Gasteiger partial charge in [0.15, 0.2) is 0 Å². The van der Waals surface area contributed by atoms with E-state index in [-0.39, 0.29) is 0 Å². The summed E-state index contributed by atoms with van der Waals surface area (Å²) in [6.45, 7) is 5.26. The van der Waals surface area contributed by atoms with E-state index in [9.17, 15) is 0 Å². The predicted molar refractivity (Wildman–Crippen MR) is 75.7 cm³/mol. The Hall–Kier alpha value is -1.87. The molecule has 1 unspecified atom stereocenters. The topological polar surface area (TPSA) is 29.9 Å². The van der Waals surface area contributed by atoms with Gasteiger partial charge in [0.2, 0.25) is 0 Å². The highest BCUT2D eigenvalue weighted by atomic mass is 15.3. The van der Waals surface area contributed by atoms with Crippen LogP contribution in [0.3, 0.4) is 0 Å². The zero-order chi connectivity index (χ0) is 12.8. The van der Waals surface area contributed by atoms with Crippen molar-refractivity contribution in [3.8, 4) is 5.69 Å². The van der Waals surface area contributed by atoms with Crippen molar-refractivity contribution >= 4 is 6.08 Å². The summed E-state index contributed by atoms with van der Waals surface area (Å²) in [4.78, 5) is 0. The summed E-state index contributed by atoms with van der Waals surface area (Å²) in [6.07, 6.45) is 8.04. The van der Waals surface area contributed by atoms with Crippen molar-refractivity contribution in [1.82, 2.24) is 15.1 Å². The highest BCUT2D eigenvalue weighted by molar-refractivity contribution is 5.52. The quantitative estimate of drug-likeness (QED) is 0.872. The van der Waals surface area contributed by atoms with Gasteiger partial charge in [-0.05, 0) is 37.2 Å². The van der Waals surface area contributed by atoms with Crippen LogP contribution in [-0.2, 0) is 0 Å². The van der Waals surface area contributed by atoms with Crippen LogP contribution in [-0.4, -0.2) is 22.4 Å². The Morgan fingerprint density at radius 3 is 2.72 bits per heavy atom. The van der Waals surface area contributed by atoms with Crippen molar-refractivity contribution in [1.29, 1.82) is 0 Å². The molecule has 0 aliphatic heterocycles. The Morgan fingerprint density at radius 2 is 2.11 bits per heavy atom. The molecule has 3 heteroatoms. The number of nitrogens with one attached hydrogen (secondary N) is 1. The third-order valence-corrected chi connectivity index (χ3v) is 2.77. The molecule has 2 aromatic rings. The van der Waals surface area contributed by atoms with Crippen LogP contribution in [0.1, 0.15) is 19.4 Å². The first-order valence-electron chi connectivity index (χ1n) is 6.31. The molecule has 0 fully saturated rings. The Morgan fingerprint density at radius 1 is 1.33 bits per heavy atom. The Bertz CT molecular complexity index is 483. The molecule has 18 heavy (non-hydrogen) atoms. The van der Waals surface area contributed by atoms with E-state index in [0.717, 1.165) is 12.2 Å². The van der Waals surface area contributed by atoms with E-state index in [0.29, 0.717) is 6.04 Å². The van der Waals surface area contributed by atoms with Crippen LogP contribution in [0.25, 0.3) is 11.8 Å². The number of hydrogen-bond acceptors (Lipinski definition) is 2. The second-order valence-electron chi connectivity index (χ2n) is 4.25. The van der Waals surface area contributed by atoms with Crippen molar-refractivity contribution in [2.75, 3.05) is 6.54 Å². The van der Waals surface area contributed by atoms with Gasteiger partial charge in [-0.3, -0.25) is 0 Å². The SMILES string of the molecule is CCNC(C)/C=C/c1ccc(-n2cccn2)cc1. The fourth-order valence-electron chi connectivity index (χ4n) is 1.81. The highest BCUT2D eigenvalue weighted by Crippen LogP contribution is 2.10. The standard InChI is InChI=1S/C15H19N3/c1-3-16-13(2)5-6-14-7-9-15(10-8-14)18-12-4-11-17-18/h4-13,16H,3H2,1-2H3/b6-5+. The molecular weight excluding hydrogens is 222 g/mol. The summed E-state index contributed by atoms with van der Waals surface area (Å²) in [5.74, 6) is 0. The van der Waals surface area contributed by atoms with Gasteiger partial charge in [0.1, 0.15) is 0 Å². The first-order valence-corrected chi connectivity index (χ1v) is 6.31. The molecule has 1 heterocycles. The van der Waals surface area contributed by atoms with Gasteiger partial charge in [-0.15, -0.1) is 0 Å². The molecule has 0 saturated heterocycles. The first-order chi connectivity index (χ1) is 8.79. The van der Waals surface area contributed by atoms with Gasteiger partial charge in [-0.2, -0.15) is 5.10 Å². The van der Waals surface area contributed by atoms with E-state index in [1.54, 1.807) is 6.20 Å². The van der Waals surface area contributed by atoms with Crippen molar-refractivity contribution in [2.45, 2.75) is 19.9 Å². The molecule has 94 valence electrons. The van der Waals surface area contributed by atoms with E-state index >= 15 is 0 Å². The average molecular weight is 241 g/mol. The third-order valence-electron chi connectivity index (χ3n) is 2.77. The minimum atomic E-state index is 0.404. The van der Waals surface area contributed by atoms with Gasteiger partial charge >= 0.3 is 0 Å². The normalized spacial score (nSPS) is 13.0. The van der Waals surface area contributed by atoms with Crippen LogP contribution < -0.4 is 5.32 Å². The van der Waals surface area contributed by atoms with Gasteiger partial charge in [-0.25, -0.2) is 4.68 Å². The molecule has 1 atom stereocenters. The Labute approximate surface area is 108 Å². The van der Waals surface area contributed by atoms with Gasteiger partial charge in [-0.1, -0.05) is 31.2 Å². The second-order valence-corrected chi connectivity index (χ2v) is 4.25. The fraction of sp³-hybridized carbons (Fsp3) is 0.267. The van der Waals surface area contributed by atoms with E-state index in [4.69, 9.17) is 0 Å². The minimum absolute atomic E-state index is 0.404. The molecule has 3 nitrogen and oxygen atoms in total. The largest absolute Gasteiger partial charge is 0.311 e. The second kappa shape index (κ2) is 6.17. The number of likely N-dealkylation sites (N-methyl/N-ethyl adjacent to an activating group) is 1. The molecule has 0 radical (unpaired) electrons. The van der Waals surface area contributed by atoms with Crippen LogP contribution in [0.5, 0.6) is 0 Å². The lowest BCUT2D eigenvalue weighted by Gasteiger charge is -2.06. The van der Waals surface area contributed by atoms with E-state index in [2.05, 4.69) is 60.7 Å². The molecule has 2 rings (SSSR count). The summed E-state index contributed by atoms with van der Waals surface area (Å²) in [5.41, 5.74) is 2.28. The maximum Gasteiger partial charge on any atom is 0.0645 e. The predicted octanol–water partition coefficient (Wildman–Crippen LogP) is 2.88. The van der Waals surface area contributed by atoms with Gasteiger partial charge in [0.25, 0.3) is 0 Å². The van der Waals surface area contributed by atoms with Crippen LogP contribution in [0, 0.1) is 0 Å². The van der Waals surface area contributed by atoms with Crippen LogP contribution in [0.2, 0.25) is 0 Å². The van der Waals surface area contributed by atoms with E-state index in [1.165, 1.54) is 5.56 Å². The van der Waals surface area contributed by atoms with Crippen molar-refractivity contribution < 1.29 is 0 Å². The zero-order valence-corrected chi connectivity index (χ0v) is 10.9. The third kappa shape index (κ3) is 3.31. The summed E-state index contributed by atoms with van der Waals surface area (Å²) < 4.78 is 1.86. The molecule has 0 amide bonds. The first kappa shape index (κ1) is 12.6. The van der Waals surface area contributed by atoms with Gasteiger partial charge in [0.05, 0.1) is 5.69 Å². The minimum Gasteiger partial charge on any atom is -0.311 e. The smallest absolute Gasteiger partial charge is 0.0645 e. The lowest BCUT2D eigenvalue weighted by Crippen LogP contribution is -2.22. The Kier molecular flexibility index (Phi) is 4.31. The summed E-state index contributed by atoms with van der Waals surface area (Å²) in [7, 11) is 0. The van der Waals surface area contributed by atoms with E-state index < -0.39 is 0 Å². The van der Waals surface area contributed by atoms with Crippen LogP contribution >= 0.6 is 0 Å². The lowest BCUT2D eigenvalue weighted by atomic mass is 10.1. The molecule has 0 aliphatic rings. The maximum atomic E-state index is 4.20. The summed E-state index contributed by atoms with van der Waals surface area (Å²) in [6, 6.07) is 10.7. The summed E-state index contributed by atoms with van der Waals surface area (Å²) >= 11 is 0. The molecule has 0 aliphatic carbocycles. The van der Waals surface area contributed by atoms with Gasteiger partial charge in [0, 0.05) is 18.4 Å². The van der Waals surface area contributed by atoms with Crippen LogP contribution in [0.15, 0.2) is 48.8 Å². The lowest BCUT2D eigenvalue weighted by molar-refractivity contribution is 0.663. The van der Waals surface area contributed by atoms with Crippen molar-refractivity contribution in [3.05, 3.63) is 54.4 Å². The van der Waals surface area contributed by atoms with E-state index in [1.807, 2.05) is 16.9 Å². The fourth-order valence-corrected chi connectivity index (χ4v) is 1.81. The average Bonchev–Trinajstić information content (AvgIpc) is 2.91. The summed E-state index contributed by atoms with van der Waals surface area (Å²) in [5, 5.41) is 7.55. The molecule has 0 bridgehead atoms. The number of aromatic nitrogens is 2. The molecule has 0 spiro atoms. The molecule has 0 saturated carbocycles. The van der Waals surface area contributed by atoms with Gasteiger partial charge < -0.3 is 5.32 Å². The molecule has 1 N–H and O–H groups in total. The number of rotatable bonds is 5. The van der Waals surface area contributed by atoms with Crippen LogP contribution in [0.4, 0.5) is 0 Å². The monoisotopic (exact) mass is 241 g/mol. The zero-order valence-electron chi connectivity index (χ0n) is 10.9. The number of nitrogens with zero attached hydrogens (tertiary/aromatic N) is 2. The molecule has 1 aromatic heterocycles.